The molecule has 0 atom stereocenters. The Kier molecular flexibility index (Phi) is 9.12. The van der Waals surface area contributed by atoms with Crippen LogP contribution < -0.4 is 15.9 Å². The van der Waals surface area contributed by atoms with Crippen molar-refractivity contribution in [3.63, 3.8) is 0 Å². The van der Waals surface area contributed by atoms with E-state index in [1.165, 1.54) is 51.0 Å². The average Bonchev–Trinajstić information content (AvgIpc) is 2.98. The van der Waals surface area contributed by atoms with Crippen LogP contribution in [-0.2, 0) is 6.54 Å². The number of hydrogen-bond donors (Lipinski definition) is 1. The maximum Gasteiger partial charge on any atom is 0.269 e. The number of hydrazine groups is 1. The number of anilines is 1. The van der Waals surface area contributed by atoms with Crippen LogP contribution in [0.5, 0.6) is 0 Å². The minimum atomic E-state index is -0.156. The van der Waals surface area contributed by atoms with Gasteiger partial charge < -0.3 is 4.90 Å². The van der Waals surface area contributed by atoms with E-state index in [4.69, 9.17) is 0 Å². The lowest BCUT2D eigenvalue weighted by Gasteiger charge is -2.42. The van der Waals surface area contributed by atoms with E-state index in [-0.39, 0.29) is 17.8 Å². The molecule has 1 aliphatic carbocycles. The zero-order chi connectivity index (χ0) is 27.2. The summed E-state index contributed by atoms with van der Waals surface area (Å²) in [4.78, 5) is 29.6. The monoisotopic (exact) mass is 528 g/mol. The standard InChI is InChI=1S/C29H41BN8O/c1-35-15-17-37(18-16-35)24-11-13-36(14-12-24)21-22-7-9-23(10-8-22)29(39)34-38(25-5-3-2-4-6-25)28-26(30)20-32-27(19-31)33-28/h7-10,20,24-25H,2-6,11-18,21,30H2,1H3,(H,34,39). The molecule has 0 unspecified atom stereocenters. The molecule has 1 aromatic heterocycles. The molecule has 0 spiro atoms. The van der Waals surface area contributed by atoms with Gasteiger partial charge in [0.1, 0.15) is 19.7 Å². The summed E-state index contributed by atoms with van der Waals surface area (Å²) in [5.74, 6) is 0.567. The Bertz CT molecular complexity index is 1150. The van der Waals surface area contributed by atoms with Gasteiger partial charge >= 0.3 is 0 Å². The molecule has 3 heterocycles. The van der Waals surface area contributed by atoms with E-state index in [1.807, 2.05) is 31.1 Å². The van der Waals surface area contributed by atoms with E-state index in [9.17, 15) is 10.1 Å². The first-order valence-electron chi connectivity index (χ1n) is 14.6. The van der Waals surface area contributed by atoms with E-state index in [1.54, 1.807) is 6.20 Å². The van der Waals surface area contributed by atoms with Crippen molar-refractivity contribution < 1.29 is 4.79 Å². The molecule has 0 radical (unpaired) electrons. The SMILES string of the molecule is Bc1cnc(C#N)nc1N(NC(=O)c1ccc(CN2CCC(N3CCN(C)CC3)CC2)cc1)C1CCCCC1. The van der Waals surface area contributed by atoms with Gasteiger partial charge in [0.05, 0.1) is 6.04 Å². The quantitative estimate of drug-likeness (QED) is 0.425. The van der Waals surface area contributed by atoms with Gasteiger partial charge in [-0.05, 0) is 69.0 Å². The number of piperazine rings is 1. The Morgan fingerprint density at radius 1 is 1.05 bits per heavy atom. The normalized spacial score (nSPS) is 20.4. The van der Waals surface area contributed by atoms with Gasteiger partial charge in [-0.2, -0.15) is 5.26 Å². The summed E-state index contributed by atoms with van der Waals surface area (Å²) in [6.45, 7) is 7.91. The van der Waals surface area contributed by atoms with Crippen molar-refractivity contribution in [2.75, 3.05) is 51.3 Å². The molecule has 9 nitrogen and oxygen atoms in total. The van der Waals surface area contributed by atoms with Crippen molar-refractivity contribution in [1.82, 2.24) is 30.1 Å². The van der Waals surface area contributed by atoms with E-state index >= 15 is 0 Å². The molecule has 2 aromatic rings. The Balaban J connectivity index is 1.19. The van der Waals surface area contributed by atoms with Gasteiger partial charge in [-0.1, -0.05) is 31.4 Å². The maximum atomic E-state index is 13.4. The van der Waals surface area contributed by atoms with Crippen LogP contribution in [0.1, 0.15) is 66.7 Å². The topological polar surface area (TPSA) is 91.6 Å². The fourth-order valence-electron chi connectivity index (χ4n) is 6.21. The molecule has 10 heteroatoms. The number of hydrogen-bond acceptors (Lipinski definition) is 8. The molecule has 3 aliphatic rings. The van der Waals surface area contributed by atoms with Crippen molar-refractivity contribution in [3.8, 4) is 6.07 Å². The van der Waals surface area contributed by atoms with Crippen LogP contribution in [0.3, 0.4) is 0 Å². The zero-order valence-corrected chi connectivity index (χ0v) is 23.5. The number of carbonyl (C=O) groups excluding carboxylic acids is 1. The minimum absolute atomic E-state index is 0.113. The van der Waals surface area contributed by atoms with E-state index in [2.05, 4.69) is 49.3 Å². The van der Waals surface area contributed by atoms with Crippen LogP contribution in [0.15, 0.2) is 30.5 Å². The van der Waals surface area contributed by atoms with Crippen molar-refractivity contribution in [2.24, 2.45) is 0 Å². The van der Waals surface area contributed by atoms with Crippen LogP contribution in [-0.4, -0.2) is 96.8 Å². The first-order valence-corrected chi connectivity index (χ1v) is 14.6. The number of likely N-dealkylation sites (N-methyl/N-ethyl adjacent to an activating group) is 1. The van der Waals surface area contributed by atoms with Crippen LogP contribution in [0.25, 0.3) is 0 Å². The molecule has 206 valence electrons. The van der Waals surface area contributed by atoms with Crippen molar-refractivity contribution in [1.29, 1.82) is 5.26 Å². The van der Waals surface area contributed by atoms with E-state index in [0.717, 1.165) is 56.8 Å². The molecule has 2 saturated heterocycles. The minimum Gasteiger partial charge on any atom is -0.304 e. The van der Waals surface area contributed by atoms with E-state index < -0.39 is 0 Å². The third-order valence-electron chi connectivity index (χ3n) is 8.67. The van der Waals surface area contributed by atoms with Crippen LogP contribution in [0.4, 0.5) is 5.82 Å². The summed E-state index contributed by atoms with van der Waals surface area (Å²) < 4.78 is 0. The summed E-state index contributed by atoms with van der Waals surface area (Å²) >= 11 is 0. The van der Waals surface area contributed by atoms with Gasteiger partial charge in [-0.25, -0.2) is 9.97 Å². The molecule has 2 aliphatic heterocycles. The fraction of sp³-hybridized carbons (Fsp3) is 0.586. The molecule has 1 aromatic carbocycles. The molecule has 1 N–H and O–H groups in total. The Labute approximate surface area is 233 Å². The van der Waals surface area contributed by atoms with Crippen LogP contribution in [0, 0.1) is 11.3 Å². The Hall–Kier alpha value is -3.00. The van der Waals surface area contributed by atoms with Crippen LogP contribution in [0.2, 0.25) is 0 Å². The second-order valence-corrected chi connectivity index (χ2v) is 11.5. The summed E-state index contributed by atoms with van der Waals surface area (Å²) in [5.41, 5.74) is 5.83. The molecule has 39 heavy (non-hydrogen) atoms. The smallest absolute Gasteiger partial charge is 0.269 e. The van der Waals surface area contributed by atoms with Crippen LogP contribution >= 0.6 is 0 Å². The number of nitrogens with zero attached hydrogens (tertiary/aromatic N) is 7. The number of benzene rings is 1. The summed E-state index contributed by atoms with van der Waals surface area (Å²) in [7, 11) is 4.13. The average molecular weight is 529 g/mol. The number of carbonyl (C=O) groups is 1. The molecule has 1 saturated carbocycles. The molecular weight excluding hydrogens is 487 g/mol. The third-order valence-corrected chi connectivity index (χ3v) is 8.67. The van der Waals surface area contributed by atoms with Crippen molar-refractivity contribution >= 4 is 25.0 Å². The summed E-state index contributed by atoms with van der Waals surface area (Å²) in [5, 5.41) is 11.2. The highest BCUT2D eigenvalue weighted by atomic mass is 16.2. The zero-order valence-electron chi connectivity index (χ0n) is 23.5. The third kappa shape index (κ3) is 6.96. The Morgan fingerprint density at radius 2 is 1.74 bits per heavy atom. The highest BCUT2D eigenvalue weighted by Gasteiger charge is 2.28. The molecule has 5 rings (SSSR count). The van der Waals surface area contributed by atoms with Gasteiger partial charge in [-0.3, -0.25) is 25.0 Å². The van der Waals surface area contributed by atoms with Crippen molar-refractivity contribution in [2.45, 2.75) is 63.6 Å². The van der Waals surface area contributed by atoms with Gasteiger partial charge in [0.25, 0.3) is 5.91 Å². The predicted molar refractivity (Wildman–Crippen MR) is 156 cm³/mol. The number of aromatic nitrogens is 2. The highest BCUT2D eigenvalue weighted by molar-refractivity contribution is 6.35. The van der Waals surface area contributed by atoms with Gasteiger partial charge in [0.15, 0.2) is 0 Å². The highest BCUT2D eigenvalue weighted by Crippen LogP contribution is 2.25. The van der Waals surface area contributed by atoms with Gasteiger partial charge in [0.2, 0.25) is 5.82 Å². The number of piperidine rings is 1. The maximum absolute atomic E-state index is 13.4. The number of rotatable bonds is 7. The fourth-order valence-corrected chi connectivity index (χ4v) is 6.21. The molecule has 1 amide bonds. The molecule has 3 fully saturated rings. The molecule has 0 bridgehead atoms. The van der Waals surface area contributed by atoms with E-state index in [0.29, 0.717) is 11.4 Å². The number of nitriles is 1. The largest absolute Gasteiger partial charge is 0.304 e. The van der Waals surface area contributed by atoms with Gasteiger partial charge in [-0.15, -0.1) is 0 Å². The predicted octanol–water partition coefficient (Wildman–Crippen LogP) is 1.30. The number of amides is 1. The summed E-state index contributed by atoms with van der Waals surface area (Å²) in [6, 6.07) is 10.9. The Morgan fingerprint density at radius 3 is 2.41 bits per heavy atom. The lowest BCUT2D eigenvalue weighted by Crippen LogP contribution is -2.52. The first-order chi connectivity index (χ1) is 19.0. The number of nitrogens with one attached hydrogen (secondary N) is 1. The second-order valence-electron chi connectivity index (χ2n) is 11.5. The number of likely N-dealkylation sites (tertiary alicyclic amines) is 1. The molecular formula is C29H41BN8O. The lowest BCUT2D eigenvalue weighted by atomic mass is 9.93. The lowest BCUT2D eigenvalue weighted by molar-refractivity contribution is 0.0658. The van der Waals surface area contributed by atoms with Gasteiger partial charge in [0, 0.05) is 50.5 Å². The second kappa shape index (κ2) is 12.9. The summed E-state index contributed by atoms with van der Waals surface area (Å²) in [6.07, 6.45) is 9.53. The van der Waals surface area contributed by atoms with Crippen molar-refractivity contribution in [3.05, 3.63) is 47.4 Å². The first kappa shape index (κ1) is 27.6.